The summed E-state index contributed by atoms with van der Waals surface area (Å²) in [5, 5.41) is 10.5. The highest BCUT2D eigenvalue weighted by molar-refractivity contribution is 9.09. The molecule has 3 aliphatic rings. The number of esters is 1. The normalized spacial score (nSPS) is 30.9. The average Bonchev–Trinajstić information content (AvgIpc) is 3.40. The van der Waals surface area contributed by atoms with Crippen molar-refractivity contribution in [3.8, 4) is 0 Å². The van der Waals surface area contributed by atoms with Crippen molar-refractivity contribution in [3.63, 3.8) is 0 Å². The summed E-state index contributed by atoms with van der Waals surface area (Å²) in [6.07, 6.45) is 4.21. The molecule has 3 rings (SSSR count). The second-order valence-electron chi connectivity index (χ2n) is 13.6. The fourth-order valence-corrected chi connectivity index (χ4v) is 8.32. The first-order valence-corrected chi connectivity index (χ1v) is 14.9. The first-order chi connectivity index (χ1) is 18.1. The van der Waals surface area contributed by atoms with Gasteiger partial charge in [0.05, 0.1) is 30.6 Å². The van der Waals surface area contributed by atoms with Crippen LogP contribution in [0.2, 0.25) is 0 Å². The Morgan fingerprint density at radius 3 is 2.41 bits per heavy atom. The zero-order chi connectivity index (χ0) is 29.5. The van der Waals surface area contributed by atoms with Crippen LogP contribution in [0.1, 0.15) is 67.7 Å². The van der Waals surface area contributed by atoms with E-state index in [0.717, 1.165) is 0 Å². The van der Waals surface area contributed by atoms with Crippen molar-refractivity contribution in [2.45, 2.75) is 102 Å². The maximum Gasteiger partial charge on any atom is 0.312 e. The van der Waals surface area contributed by atoms with Crippen LogP contribution in [0.25, 0.3) is 0 Å². The lowest BCUT2D eigenvalue weighted by Crippen LogP contribution is -2.62. The Morgan fingerprint density at radius 2 is 1.90 bits per heavy atom. The number of carbonyl (C=O) groups excluding carboxylic acids is 3. The zero-order valence-corrected chi connectivity index (χ0v) is 26.2. The van der Waals surface area contributed by atoms with Crippen molar-refractivity contribution in [3.05, 3.63) is 25.3 Å². The third-order valence-electron chi connectivity index (χ3n) is 8.20. The largest absolute Gasteiger partial charge is 0.461 e. The second-order valence-corrected chi connectivity index (χ2v) is 14.8. The summed E-state index contributed by atoms with van der Waals surface area (Å²) in [5.41, 5.74) is -1.84. The van der Waals surface area contributed by atoms with Gasteiger partial charge in [0.1, 0.15) is 18.2 Å². The highest BCUT2D eigenvalue weighted by Gasteiger charge is 2.77. The standard InChI is InChI=1S/C30H47BrN2O6/c1-10-12-32(29(8,9)17-28(5,6)7)26(36)24-30-15-20(31)23(39-30)21(27(37)38-13-11-2)22(30)25(35)33(24)19(16-34)14-18(3)4/h10-11,18-24,34H,1-2,12-17H2,3-9H3/t19-,20?,21-,22+,23-,24?,30?/m1/s1. The van der Waals surface area contributed by atoms with Gasteiger partial charge >= 0.3 is 5.97 Å². The molecule has 9 heteroatoms. The van der Waals surface area contributed by atoms with Crippen LogP contribution < -0.4 is 0 Å². The molecule has 7 atom stereocenters. The topological polar surface area (TPSA) is 96.4 Å². The number of hydrogen-bond acceptors (Lipinski definition) is 6. The summed E-state index contributed by atoms with van der Waals surface area (Å²) in [4.78, 5) is 45.5. The van der Waals surface area contributed by atoms with E-state index < -0.39 is 47.1 Å². The first kappa shape index (κ1) is 31.8. The number of aliphatic hydroxyl groups is 1. The Hall–Kier alpha value is -1.71. The number of hydrogen-bond donors (Lipinski definition) is 1. The number of amides is 2. The number of nitrogens with zero attached hydrogens (tertiary/aromatic N) is 2. The summed E-state index contributed by atoms with van der Waals surface area (Å²) < 4.78 is 12.0. The van der Waals surface area contributed by atoms with E-state index in [1.165, 1.54) is 6.08 Å². The van der Waals surface area contributed by atoms with Crippen molar-refractivity contribution in [1.82, 2.24) is 9.80 Å². The van der Waals surface area contributed by atoms with Crippen LogP contribution in [0.5, 0.6) is 0 Å². The summed E-state index contributed by atoms with van der Waals surface area (Å²) in [5.74, 6) is -2.67. The maximum absolute atomic E-state index is 14.8. The predicted molar refractivity (Wildman–Crippen MR) is 154 cm³/mol. The molecule has 3 saturated heterocycles. The molecule has 0 aliphatic carbocycles. The first-order valence-electron chi connectivity index (χ1n) is 14.0. The number of ether oxygens (including phenoxy) is 2. The highest BCUT2D eigenvalue weighted by atomic mass is 79.9. The quantitative estimate of drug-likeness (QED) is 0.203. The number of fused-ring (bicyclic) bond motifs is 1. The van der Waals surface area contributed by atoms with E-state index in [9.17, 15) is 19.5 Å². The molecular weight excluding hydrogens is 564 g/mol. The molecular formula is C30H47BrN2O6. The lowest BCUT2D eigenvalue weighted by atomic mass is 9.70. The van der Waals surface area contributed by atoms with Crippen LogP contribution >= 0.6 is 15.9 Å². The van der Waals surface area contributed by atoms with Gasteiger partial charge in [-0.3, -0.25) is 14.4 Å². The van der Waals surface area contributed by atoms with Crippen LogP contribution in [-0.4, -0.2) is 86.6 Å². The van der Waals surface area contributed by atoms with Gasteiger partial charge in [0.2, 0.25) is 11.8 Å². The number of rotatable bonds is 12. The molecule has 220 valence electrons. The smallest absolute Gasteiger partial charge is 0.312 e. The summed E-state index contributed by atoms with van der Waals surface area (Å²) in [7, 11) is 0. The molecule has 3 unspecified atom stereocenters. The summed E-state index contributed by atoms with van der Waals surface area (Å²) in [6.45, 7) is 22.0. The number of aliphatic hydroxyl groups excluding tert-OH is 1. The molecule has 1 spiro atoms. The molecule has 0 aromatic heterocycles. The maximum atomic E-state index is 14.8. The van der Waals surface area contributed by atoms with E-state index in [1.54, 1.807) is 15.9 Å². The van der Waals surface area contributed by atoms with Gasteiger partial charge in [0.25, 0.3) is 0 Å². The molecule has 3 aliphatic heterocycles. The average molecular weight is 612 g/mol. The number of carbonyl (C=O) groups is 3. The SMILES string of the molecule is C=CCOC(=O)[C@H]1[C@@H]2OC3(CC2Br)C(C(=O)N(CC=C)C(C)(C)CC(C)(C)C)N([C@@H](CO)CC(C)C)C(=O)[C@H]13. The minimum absolute atomic E-state index is 0.0235. The molecule has 8 nitrogen and oxygen atoms in total. The molecule has 0 aromatic carbocycles. The Morgan fingerprint density at radius 1 is 1.26 bits per heavy atom. The van der Waals surface area contributed by atoms with Gasteiger partial charge < -0.3 is 24.4 Å². The molecule has 1 N–H and O–H groups in total. The predicted octanol–water partition coefficient (Wildman–Crippen LogP) is 4.10. The van der Waals surface area contributed by atoms with Gasteiger partial charge in [-0.2, -0.15) is 0 Å². The van der Waals surface area contributed by atoms with Crippen molar-refractivity contribution < 1.29 is 29.0 Å². The van der Waals surface area contributed by atoms with Crippen LogP contribution in [0.3, 0.4) is 0 Å². The van der Waals surface area contributed by atoms with Crippen molar-refractivity contribution >= 4 is 33.7 Å². The number of halogens is 1. The second kappa shape index (κ2) is 11.6. The molecule has 2 amide bonds. The molecule has 0 aromatic rings. The fraction of sp³-hybridized carbons (Fsp3) is 0.767. The van der Waals surface area contributed by atoms with E-state index in [-0.39, 0.29) is 41.2 Å². The van der Waals surface area contributed by atoms with Gasteiger partial charge in [0, 0.05) is 16.9 Å². The Balaban J connectivity index is 2.17. The Labute approximate surface area is 242 Å². The number of alkyl halides is 1. The molecule has 3 fully saturated rings. The van der Waals surface area contributed by atoms with Crippen LogP contribution in [0, 0.1) is 23.2 Å². The van der Waals surface area contributed by atoms with Crippen LogP contribution in [0.4, 0.5) is 0 Å². The van der Waals surface area contributed by atoms with E-state index >= 15 is 0 Å². The van der Waals surface area contributed by atoms with Crippen molar-refractivity contribution in [2.24, 2.45) is 23.2 Å². The van der Waals surface area contributed by atoms with E-state index in [4.69, 9.17) is 9.47 Å². The third kappa shape index (κ3) is 5.87. The van der Waals surface area contributed by atoms with Crippen LogP contribution in [0.15, 0.2) is 25.3 Å². The monoisotopic (exact) mass is 610 g/mol. The van der Waals surface area contributed by atoms with Crippen LogP contribution in [-0.2, 0) is 23.9 Å². The Kier molecular flexibility index (Phi) is 9.50. The summed E-state index contributed by atoms with van der Waals surface area (Å²) in [6, 6.07) is -1.59. The molecule has 3 heterocycles. The van der Waals surface area contributed by atoms with Gasteiger partial charge in [-0.25, -0.2) is 0 Å². The molecule has 2 bridgehead atoms. The lowest BCUT2D eigenvalue weighted by Gasteiger charge is -2.46. The minimum Gasteiger partial charge on any atom is -0.461 e. The van der Waals surface area contributed by atoms with Gasteiger partial charge in [-0.05, 0) is 44.4 Å². The Bertz CT molecular complexity index is 975. The highest BCUT2D eigenvalue weighted by Crippen LogP contribution is 2.61. The van der Waals surface area contributed by atoms with E-state index in [1.807, 2.05) is 27.7 Å². The zero-order valence-electron chi connectivity index (χ0n) is 24.6. The van der Waals surface area contributed by atoms with Crippen molar-refractivity contribution in [1.29, 1.82) is 0 Å². The molecule has 39 heavy (non-hydrogen) atoms. The van der Waals surface area contributed by atoms with E-state index in [2.05, 4.69) is 49.9 Å². The molecule has 0 saturated carbocycles. The lowest BCUT2D eigenvalue weighted by molar-refractivity contribution is -0.157. The van der Waals surface area contributed by atoms with Gasteiger partial charge in [0.15, 0.2) is 0 Å². The fourth-order valence-electron chi connectivity index (χ4n) is 7.37. The van der Waals surface area contributed by atoms with Gasteiger partial charge in [-0.15, -0.1) is 6.58 Å². The third-order valence-corrected chi connectivity index (χ3v) is 9.04. The summed E-state index contributed by atoms with van der Waals surface area (Å²) >= 11 is 3.69. The molecule has 0 radical (unpaired) electrons. The number of likely N-dealkylation sites (tertiary alicyclic amines) is 1. The van der Waals surface area contributed by atoms with Crippen molar-refractivity contribution in [2.75, 3.05) is 19.8 Å². The van der Waals surface area contributed by atoms with E-state index in [0.29, 0.717) is 25.8 Å². The minimum atomic E-state index is -1.22. The van der Waals surface area contributed by atoms with Gasteiger partial charge in [-0.1, -0.05) is 69.3 Å².